The fraction of sp³-hybridized carbons (Fsp3) is 0.500. The van der Waals surface area contributed by atoms with Gasteiger partial charge < -0.3 is 10.4 Å². The van der Waals surface area contributed by atoms with Gasteiger partial charge in [-0.05, 0) is 31.9 Å². The minimum atomic E-state index is -0.954. The molecule has 0 aromatic heterocycles. The number of hydrogen-bond acceptors (Lipinski definition) is 2. The minimum Gasteiger partial charge on any atom is -0.384 e. The van der Waals surface area contributed by atoms with E-state index in [2.05, 4.69) is 5.32 Å². The molecule has 0 aliphatic heterocycles. The first-order valence-electron chi connectivity index (χ1n) is 5.40. The van der Waals surface area contributed by atoms with Crippen molar-refractivity contribution in [1.82, 2.24) is 5.32 Å². The van der Waals surface area contributed by atoms with Crippen molar-refractivity contribution < 1.29 is 5.11 Å². The molecule has 1 atom stereocenters. The van der Waals surface area contributed by atoms with E-state index in [0.717, 1.165) is 0 Å². The Morgan fingerprint density at radius 1 is 1.44 bits per heavy atom. The van der Waals surface area contributed by atoms with E-state index in [9.17, 15) is 5.11 Å². The predicted molar refractivity (Wildman–Crippen MR) is 67.1 cm³/mol. The maximum atomic E-state index is 10.3. The minimum absolute atomic E-state index is 0.509. The first kappa shape index (κ1) is 12.2. The highest BCUT2D eigenvalue weighted by Gasteiger charge is 2.29. The van der Waals surface area contributed by atoms with Crippen LogP contribution in [0.1, 0.15) is 25.3 Å². The van der Waals surface area contributed by atoms with Gasteiger partial charge in [0.15, 0.2) is 0 Å². The van der Waals surface area contributed by atoms with Gasteiger partial charge in [0, 0.05) is 28.2 Å². The van der Waals surface area contributed by atoms with Gasteiger partial charge >= 0.3 is 0 Å². The first-order valence-corrected chi connectivity index (χ1v) is 6.16. The predicted octanol–water partition coefficient (Wildman–Crippen LogP) is 2.95. The van der Waals surface area contributed by atoms with Crippen molar-refractivity contribution in [3.05, 3.63) is 33.8 Å². The zero-order valence-corrected chi connectivity index (χ0v) is 10.6. The average molecular weight is 260 g/mol. The zero-order chi connectivity index (χ0) is 11.8. The number of hydrogen-bond donors (Lipinski definition) is 2. The van der Waals surface area contributed by atoms with E-state index in [4.69, 9.17) is 23.2 Å². The summed E-state index contributed by atoms with van der Waals surface area (Å²) in [5, 5.41) is 14.7. The quantitative estimate of drug-likeness (QED) is 0.872. The molecule has 0 heterocycles. The summed E-state index contributed by atoms with van der Waals surface area (Å²) in [6, 6.07) is 5.75. The normalized spacial score (nSPS) is 19.5. The Kier molecular flexibility index (Phi) is 3.45. The molecule has 2 rings (SSSR count). The third-order valence-electron chi connectivity index (χ3n) is 2.82. The number of halogens is 2. The Balaban J connectivity index is 2.12. The van der Waals surface area contributed by atoms with Crippen molar-refractivity contribution in [2.75, 3.05) is 6.54 Å². The van der Waals surface area contributed by atoms with E-state index >= 15 is 0 Å². The maximum absolute atomic E-state index is 10.3. The lowest BCUT2D eigenvalue weighted by atomic mass is 9.96. The Hall–Kier alpha value is -0.280. The van der Waals surface area contributed by atoms with Crippen LogP contribution in [0.5, 0.6) is 0 Å². The lowest BCUT2D eigenvalue weighted by Gasteiger charge is -2.25. The lowest BCUT2D eigenvalue weighted by molar-refractivity contribution is 0.0567. The largest absolute Gasteiger partial charge is 0.384 e. The highest BCUT2D eigenvalue weighted by Crippen LogP contribution is 2.30. The first-order chi connectivity index (χ1) is 7.49. The molecule has 1 aromatic carbocycles. The summed E-state index contributed by atoms with van der Waals surface area (Å²) in [7, 11) is 0. The summed E-state index contributed by atoms with van der Waals surface area (Å²) in [5.41, 5.74) is -0.240. The molecule has 16 heavy (non-hydrogen) atoms. The molecule has 2 nitrogen and oxygen atoms in total. The van der Waals surface area contributed by atoms with E-state index in [1.54, 1.807) is 25.1 Å². The summed E-state index contributed by atoms with van der Waals surface area (Å²) < 4.78 is 0. The van der Waals surface area contributed by atoms with Gasteiger partial charge in [0.25, 0.3) is 0 Å². The van der Waals surface area contributed by atoms with Crippen LogP contribution in [-0.2, 0) is 5.60 Å². The summed E-state index contributed by atoms with van der Waals surface area (Å²) in [4.78, 5) is 0. The Labute approximate surface area is 106 Å². The van der Waals surface area contributed by atoms with Gasteiger partial charge in [-0.15, -0.1) is 0 Å². The molecule has 1 saturated carbocycles. The second kappa shape index (κ2) is 4.53. The molecule has 0 saturated heterocycles. The van der Waals surface area contributed by atoms with E-state index < -0.39 is 5.60 Å². The number of rotatable bonds is 4. The van der Waals surface area contributed by atoms with Crippen LogP contribution in [-0.4, -0.2) is 17.7 Å². The second-order valence-corrected chi connectivity index (χ2v) is 5.40. The Morgan fingerprint density at radius 3 is 2.69 bits per heavy atom. The van der Waals surface area contributed by atoms with Gasteiger partial charge in [0.2, 0.25) is 0 Å². The molecule has 0 bridgehead atoms. The van der Waals surface area contributed by atoms with Gasteiger partial charge in [-0.2, -0.15) is 0 Å². The van der Waals surface area contributed by atoms with Crippen molar-refractivity contribution in [1.29, 1.82) is 0 Å². The van der Waals surface area contributed by atoms with Gasteiger partial charge in [-0.25, -0.2) is 0 Å². The van der Waals surface area contributed by atoms with Crippen molar-refractivity contribution in [3.8, 4) is 0 Å². The van der Waals surface area contributed by atoms with E-state index in [1.807, 2.05) is 0 Å². The van der Waals surface area contributed by atoms with Gasteiger partial charge in [-0.1, -0.05) is 29.3 Å². The average Bonchev–Trinajstić information content (AvgIpc) is 2.97. The molecule has 0 spiro atoms. The lowest BCUT2D eigenvalue weighted by Crippen LogP contribution is -2.36. The van der Waals surface area contributed by atoms with Crippen molar-refractivity contribution >= 4 is 23.2 Å². The van der Waals surface area contributed by atoms with Crippen LogP contribution >= 0.6 is 23.2 Å². The SMILES string of the molecule is CC(O)(CNC1CC1)c1ccc(Cl)cc1Cl. The molecule has 1 aromatic rings. The molecule has 1 unspecified atom stereocenters. The van der Waals surface area contributed by atoms with Crippen LogP contribution < -0.4 is 5.32 Å². The summed E-state index contributed by atoms with van der Waals surface area (Å²) in [6.45, 7) is 2.27. The van der Waals surface area contributed by atoms with Gasteiger partial charge in [0.05, 0.1) is 0 Å². The van der Waals surface area contributed by atoms with Crippen molar-refractivity contribution in [3.63, 3.8) is 0 Å². The molecule has 1 fully saturated rings. The van der Waals surface area contributed by atoms with Crippen LogP contribution in [0.3, 0.4) is 0 Å². The number of aliphatic hydroxyl groups is 1. The highest BCUT2D eigenvalue weighted by atomic mass is 35.5. The molecule has 4 heteroatoms. The third kappa shape index (κ3) is 2.89. The number of nitrogens with one attached hydrogen (secondary N) is 1. The molecule has 88 valence electrons. The smallest absolute Gasteiger partial charge is 0.101 e. The van der Waals surface area contributed by atoms with E-state index in [-0.39, 0.29) is 0 Å². The molecule has 1 aliphatic rings. The van der Waals surface area contributed by atoms with Gasteiger partial charge in [0.1, 0.15) is 5.60 Å². The van der Waals surface area contributed by atoms with Crippen LogP contribution in [0.4, 0.5) is 0 Å². The maximum Gasteiger partial charge on any atom is 0.101 e. The second-order valence-electron chi connectivity index (χ2n) is 4.55. The Bertz CT molecular complexity index is 389. The molecular weight excluding hydrogens is 245 g/mol. The van der Waals surface area contributed by atoms with Gasteiger partial charge in [-0.3, -0.25) is 0 Å². The van der Waals surface area contributed by atoms with Crippen LogP contribution in [0, 0.1) is 0 Å². The summed E-state index contributed by atoms with van der Waals surface area (Å²) in [6.07, 6.45) is 2.40. The molecule has 0 amide bonds. The molecule has 0 radical (unpaired) electrons. The van der Waals surface area contributed by atoms with Crippen LogP contribution in [0.25, 0.3) is 0 Å². The number of benzene rings is 1. The van der Waals surface area contributed by atoms with Crippen LogP contribution in [0.15, 0.2) is 18.2 Å². The molecular formula is C12H15Cl2NO. The molecule has 2 N–H and O–H groups in total. The summed E-state index contributed by atoms with van der Waals surface area (Å²) in [5.74, 6) is 0. The van der Waals surface area contributed by atoms with Crippen molar-refractivity contribution in [2.24, 2.45) is 0 Å². The highest BCUT2D eigenvalue weighted by molar-refractivity contribution is 6.35. The topological polar surface area (TPSA) is 32.3 Å². The molecule has 1 aliphatic carbocycles. The fourth-order valence-corrected chi connectivity index (χ4v) is 2.26. The standard InChI is InChI=1S/C12H15Cl2NO/c1-12(16,7-15-9-3-4-9)10-5-2-8(13)6-11(10)14/h2,5-6,9,15-16H,3-4,7H2,1H3. The monoisotopic (exact) mass is 259 g/mol. The summed E-state index contributed by atoms with van der Waals surface area (Å²) >= 11 is 11.9. The van der Waals surface area contributed by atoms with Crippen molar-refractivity contribution in [2.45, 2.75) is 31.4 Å². The zero-order valence-electron chi connectivity index (χ0n) is 9.13. The Morgan fingerprint density at radius 2 is 2.12 bits per heavy atom. The van der Waals surface area contributed by atoms with E-state index in [0.29, 0.717) is 28.2 Å². The third-order valence-corrected chi connectivity index (χ3v) is 3.37. The van der Waals surface area contributed by atoms with E-state index in [1.165, 1.54) is 12.8 Å². The van der Waals surface area contributed by atoms with Crippen LogP contribution in [0.2, 0.25) is 10.0 Å². The fourth-order valence-electron chi connectivity index (χ4n) is 1.65.